The summed E-state index contributed by atoms with van der Waals surface area (Å²) in [5.41, 5.74) is -0.710. The first kappa shape index (κ1) is 12.0. The van der Waals surface area contributed by atoms with Crippen molar-refractivity contribution in [2.45, 2.75) is 13.8 Å². The van der Waals surface area contributed by atoms with Gasteiger partial charge in [0.1, 0.15) is 12.4 Å². The molecule has 0 fully saturated rings. The summed E-state index contributed by atoms with van der Waals surface area (Å²) in [6.07, 6.45) is 0. The number of hydrogen-bond acceptors (Lipinski definition) is 4. The molecule has 17 heavy (non-hydrogen) atoms. The summed E-state index contributed by atoms with van der Waals surface area (Å²) >= 11 is 5.47. The normalized spacial score (nSPS) is 13.6. The van der Waals surface area contributed by atoms with Crippen molar-refractivity contribution in [3.8, 4) is 17.2 Å². The van der Waals surface area contributed by atoms with Crippen LogP contribution in [0.1, 0.15) is 13.8 Å². The van der Waals surface area contributed by atoms with E-state index in [0.29, 0.717) is 17.2 Å². The Balaban J connectivity index is 2.03. The minimum Gasteiger partial charge on any atom is -0.492 e. The zero-order valence-electron chi connectivity index (χ0n) is 9.66. The van der Waals surface area contributed by atoms with E-state index in [4.69, 9.17) is 25.8 Å². The van der Waals surface area contributed by atoms with Crippen LogP contribution in [0.2, 0.25) is 0 Å². The van der Waals surface area contributed by atoms with Crippen LogP contribution in [0, 0.1) is 5.41 Å². The van der Waals surface area contributed by atoms with Gasteiger partial charge in [0.2, 0.25) is 12.0 Å². The average molecular weight is 257 g/mol. The van der Waals surface area contributed by atoms with Gasteiger partial charge in [-0.2, -0.15) is 0 Å². The van der Waals surface area contributed by atoms with Gasteiger partial charge in [-0.25, -0.2) is 0 Å². The molecule has 0 amide bonds. The molecule has 1 aromatic carbocycles. The number of rotatable bonds is 4. The van der Waals surface area contributed by atoms with Gasteiger partial charge in [0, 0.05) is 6.07 Å². The van der Waals surface area contributed by atoms with Crippen molar-refractivity contribution < 1.29 is 19.0 Å². The van der Waals surface area contributed by atoms with E-state index in [2.05, 4.69) is 0 Å². The fourth-order valence-corrected chi connectivity index (χ4v) is 1.34. The Morgan fingerprint density at radius 1 is 1.41 bits per heavy atom. The summed E-state index contributed by atoms with van der Waals surface area (Å²) in [5.74, 6) is 1.97. The molecule has 0 saturated heterocycles. The monoisotopic (exact) mass is 256 g/mol. The van der Waals surface area contributed by atoms with Crippen LogP contribution in [-0.2, 0) is 4.79 Å². The second-order valence-electron chi connectivity index (χ2n) is 4.46. The van der Waals surface area contributed by atoms with Gasteiger partial charge in [0.05, 0.1) is 5.41 Å². The lowest BCUT2D eigenvalue weighted by Crippen LogP contribution is -2.27. The van der Waals surface area contributed by atoms with E-state index < -0.39 is 10.7 Å². The molecular formula is C12H13ClO4. The fourth-order valence-electron chi connectivity index (χ4n) is 1.29. The zero-order valence-corrected chi connectivity index (χ0v) is 10.4. The Morgan fingerprint density at radius 2 is 2.12 bits per heavy atom. The van der Waals surface area contributed by atoms with Gasteiger partial charge in [0.15, 0.2) is 11.5 Å². The quantitative estimate of drug-likeness (QED) is 0.777. The highest BCUT2D eigenvalue weighted by Gasteiger charge is 2.27. The Morgan fingerprint density at radius 3 is 2.82 bits per heavy atom. The number of carbonyl (C=O) groups is 1. The molecule has 92 valence electrons. The second kappa shape index (κ2) is 4.45. The smallest absolute Gasteiger partial charge is 0.231 e. The van der Waals surface area contributed by atoms with E-state index in [-0.39, 0.29) is 13.4 Å². The first-order chi connectivity index (χ1) is 7.99. The largest absolute Gasteiger partial charge is 0.492 e. The molecule has 5 heteroatoms. The van der Waals surface area contributed by atoms with E-state index in [0.717, 1.165) is 0 Å². The zero-order chi connectivity index (χ0) is 12.5. The van der Waals surface area contributed by atoms with Crippen LogP contribution >= 0.6 is 11.6 Å². The molecule has 1 heterocycles. The molecule has 0 spiro atoms. The highest BCUT2D eigenvalue weighted by Crippen LogP contribution is 2.35. The minimum atomic E-state index is -0.710. The number of fused-ring (bicyclic) bond motifs is 1. The molecule has 2 rings (SSSR count). The second-order valence-corrected chi connectivity index (χ2v) is 4.80. The number of ether oxygens (including phenoxy) is 3. The summed E-state index contributed by atoms with van der Waals surface area (Å²) < 4.78 is 15.9. The van der Waals surface area contributed by atoms with E-state index >= 15 is 0 Å². The van der Waals surface area contributed by atoms with Crippen molar-refractivity contribution in [3.05, 3.63) is 18.2 Å². The Bertz CT molecular complexity index is 442. The Hall–Kier alpha value is -1.42. The Labute approximate surface area is 104 Å². The number of carbonyl (C=O) groups excluding carboxylic acids is 1. The maximum atomic E-state index is 11.1. The molecule has 0 N–H and O–H groups in total. The lowest BCUT2D eigenvalue weighted by atomic mass is 9.97. The molecule has 1 aliphatic heterocycles. The van der Waals surface area contributed by atoms with Crippen molar-refractivity contribution in [1.82, 2.24) is 0 Å². The maximum absolute atomic E-state index is 11.1. The molecule has 0 aromatic heterocycles. The standard InChI is InChI=1S/C12H13ClO4/c1-12(2,11(13)14)6-15-8-3-4-9-10(5-8)17-7-16-9/h3-5H,6-7H2,1-2H3. The molecule has 0 unspecified atom stereocenters. The molecule has 0 atom stereocenters. The number of benzene rings is 1. The lowest BCUT2D eigenvalue weighted by molar-refractivity contribution is -0.120. The highest BCUT2D eigenvalue weighted by molar-refractivity contribution is 6.64. The van der Waals surface area contributed by atoms with E-state index in [1.807, 2.05) is 0 Å². The summed E-state index contributed by atoms with van der Waals surface area (Å²) in [5, 5.41) is -0.418. The van der Waals surface area contributed by atoms with Crippen LogP contribution in [0.25, 0.3) is 0 Å². The van der Waals surface area contributed by atoms with Gasteiger partial charge >= 0.3 is 0 Å². The third-order valence-electron chi connectivity index (χ3n) is 2.48. The highest BCUT2D eigenvalue weighted by atomic mass is 35.5. The average Bonchev–Trinajstić information content (AvgIpc) is 2.73. The minimum absolute atomic E-state index is 0.217. The molecule has 0 bridgehead atoms. The molecule has 4 nitrogen and oxygen atoms in total. The SMILES string of the molecule is CC(C)(COc1ccc2c(c1)OCO2)C(=O)Cl. The summed E-state index contributed by atoms with van der Waals surface area (Å²) in [7, 11) is 0. The summed E-state index contributed by atoms with van der Waals surface area (Å²) in [6, 6.07) is 5.27. The molecule has 1 aromatic rings. The van der Waals surface area contributed by atoms with Crippen LogP contribution in [0.4, 0.5) is 0 Å². The van der Waals surface area contributed by atoms with Gasteiger partial charge < -0.3 is 14.2 Å². The van der Waals surface area contributed by atoms with Gasteiger partial charge in [-0.05, 0) is 37.6 Å². The van der Waals surface area contributed by atoms with Crippen molar-refractivity contribution in [3.63, 3.8) is 0 Å². The van der Waals surface area contributed by atoms with E-state index in [1.54, 1.807) is 32.0 Å². The Kier molecular flexibility index (Phi) is 3.15. The summed E-state index contributed by atoms with van der Waals surface area (Å²) in [4.78, 5) is 11.1. The van der Waals surface area contributed by atoms with Crippen LogP contribution < -0.4 is 14.2 Å². The molecule has 0 saturated carbocycles. The molecular weight excluding hydrogens is 244 g/mol. The topological polar surface area (TPSA) is 44.8 Å². The van der Waals surface area contributed by atoms with E-state index in [1.165, 1.54) is 0 Å². The number of halogens is 1. The van der Waals surface area contributed by atoms with Crippen molar-refractivity contribution in [1.29, 1.82) is 0 Å². The van der Waals surface area contributed by atoms with Crippen LogP contribution in [0.3, 0.4) is 0 Å². The fraction of sp³-hybridized carbons (Fsp3) is 0.417. The van der Waals surface area contributed by atoms with Crippen LogP contribution in [-0.4, -0.2) is 18.6 Å². The third-order valence-corrected chi connectivity index (χ3v) is 2.99. The lowest BCUT2D eigenvalue weighted by Gasteiger charge is -2.19. The van der Waals surface area contributed by atoms with E-state index in [9.17, 15) is 4.79 Å². The predicted molar refractivity (Wildman–Crippen MR) is 62.7 cm³/mol. The first-order valence-electron chi connectivity index (χ1n) is 5.21. The molecule has 0 aliphatic carbocycles. The van der Waals surface area contributed by atoms with Crippen molar-refractivity contribution >= 4 is 16.8 Å². The molecule has 0 radical (unpaired) electrons. The van der Waals surface area contributed by atoms with Gasteiger partial charge in [-0.15, -0.1) is 0 Å². The maximum Gasteiger partial charge on any atom is 0.231 e. The van der Waals surface area contributed by atoms with Gasteiger partial charge in [0.25, 0.3) is 0 Å². The summed E-state index contributed by atoms with van der Waals surface area (Å²) in [6.45, 7) is 3.91. The number of hydrogen-bond donors (Lipinski definition) is 0. The van der Waals surface area contributed by atoms with Crippen molar-refractivity contribution in [2.75, 3.05) is 13.4 Å². The first-order valence-corrected chi connectivity index (χ1v) is 5.59. The van der Waals surface area contributed by atoms with Crippen LogP contribution in [0.5, 0.6) is 17.2 Å². The predicted octanol–water partition coefficient (Wildman–Crippen LogP) is 2.59. The van der Waals surface area contributed by atoms with Gasteiger partial charge in [-0.3, -0.25) is 4.79 Å². The van der Waals surface area contributed by atoms with Crippen molar-refractivity contribution in [2.24, 2.45) is 5.41 Å². The van der Waals surface area contributed by atoms with Gasteiger partial charge in [-0.1, -0.05) is 0 Å². The third kappa shape index (κ3) is 2.64. The molecule has 1 aliphatic rings. The van der Waals surface area contributed by atoms with Crippen LogP contribution in [0.15, 0.2) is 18.2 Å².